The summed E-state index contributed by atoms with van der Waals surface area (Å²) >= 11 is 0. The second-order valence-corrected chi connectivity index (χ2v) is 5.41. The number of quaternary nitrogens is 1. The van der Waals surface area contributed by atoms with E-state index in [0.29, 0.717) is 12.2 Å². The van der Waals surface area contributed by atoms with E-state index in [0.717, 1.165) is 18.0 Å². The number of piperidine rings is 1. The Kier molecular flexibility index (Phi) is 1.15. The van der Waals surface area contributed by atoms with Gasteiger partial charge in [-0.15, -0.1) is 0 Å². The van der Waals surface area contributed by atoms with Gasteiger partial charge in [0.2, 0.25) is 0 Å². The molecule has 3 rings (SSSR count). The summed E-state index contributed by atoms with van der Waals surface area (Å²) in [6.45, 7) is 2.39. The second-order valence-electron chi connectivity index (χ2n) is 5.41. The molecule has 0 amide bonds. The molecule has 12 heavy (non-hydrogen) atoms. The van der Waals surface area contributed by atoms with Crippen LogP contribution in [0.1, 0.15) is 19.8 Å². The third-order valence-corrected chi connectivity index (χ3v) is 4.32. The molecule has 3 heterocycles. The highest BCUT2D eigenvalue weighted by Crippen LogP contribution is 2.52. The number of hydrogen-bond donors (Lipinski definition) is 0. The molecule has 4 atom stereocenters. The minimum Gasteiger partial charge on any atom is -0.357 e. The first kappa shape index (κ1) is 7.34. The Labute approximate surface area is 74.1 Å². The first-order valence-corrected chi connectivity index (χ1v) is 5.09. The SMILES string of the molecule is CC1CC2C3OC3C(C1)[N+]2(C)C. The Balaban J connectivity index is 1.96. The van der Waals surface area contributed by atoms with E-state index in [9.17, 15) is 0 Å². The average molecular weight is 168 g/mol. The number of morpholine rings is 1. The number of likely N-dealkylation sites (N-methyl/N-ethyl adjacent to an activating group) is 1. The fraction of sp³-hybridized carbons (Fsp3) is 1.00. The van der Waals surface area contributed by atoms with Crippen molar-refractivity contribution in [2.24, 2.45) is 5.92 Å². The van der Waals surface area contributed by atoms with E-state index in [2.05, 4.69) is 21.0 Å². The van der Waals surface area contributed by atoms with Crippen molar-refractivity contribution in [1.82, 2.24) is 0 Å². The zero-order chi connectivity index (χ0) is 8.51. The van der Waals surface area contributed by atoms with Gasteiger partial charge in [0, 0.05) is 12.8 Å². The van der Waals surface area contributed by atoms with Crippen LogP contribution in [0, 0.1) is 5.92 Å². The van der Waals surface area contributed by atoms with Crippen molar-refractivity contribution in [1.29, 1.82) is 0 Å². The summed E-state index contributed by atoms with van der Waals surface area (Å²) in [5.41, 5.74) is 0. The van der Waals surface area contributed by atoms with Crippen LogP contribution in [0.5, 0.6) is 0 Å². The lowest BCUT2D eigenvalue weighted by Crippen LogP contribution is -2.58. The lowest BCUT2D eigenvalue weighted by molar-refractivity contribution is -0.938. The minimum absolute atomic E-state index is 0.634. The van der Waals surface area contributed by atoms with E-state index < -0.39 is 0 Å². The summed E-state index contributed by atoms with van der Waals surface area (Å²) in [6.07, 6.45) is 4.03. The predicted molar refractivity (Wildman–Crippen MR) is 46.7 cm³/mol. The lowest BCUT2D eigenvalue weighted by atomic mass is 9.90. The topological polar surface area (TPSA) is 12.5 Å². The van der Waals surface area contributed by atoms with Crippen LogP contribution in [-0.4, -0.2) is 42.9 Å². The number of ether oxygens (including phenoxy) is 1. The van der Waals surface area contributed by atoms with Crippen LogP contribution in [0.4, 0.5) is 0 Å². The maximum atomic E-state index is 5.69. The van der Waals surface area contributed by atoms with E-state index in [1.807, 2.05) is 0 Å². The number of nitrogens with zero attached hydrogens (tertiary/aromatic N) is 1. The fourth-order valence-electron chi connectivity index (χ4n) is 3.49. The number of hydrogen-bond acceptors (Lipinski definition) is 1. The van der Waals surface area contributed by atoms with Crippen LogP contribution in [0.2, 0.25) is 0 Å². The van der Waals surface area contributed by atoms with Crippen molar-refractivity contribution in [3.8, 4) is 0 Å². The van der Waals surface area contributed by atoms with Crippen LogP contribution in [0.15, 0.2) is 0 Å². The van der Waals surface area contributed by atoms with Crippen LogP contribution in [0.25, 0.3) is 0 Å². The van der Waals surface area contributed by atoms with Gasteiger partial charge in [0.15, 0.2) is 0 Å². The third-order valence-electron chi connectivity index (χ3n) is 4.32. The first-order chi connectivity index (χ1) is 5.60. The van der Waals surface area contributed by atoms with Crippen LogP contribution >= 0.6 is 0 Å². The Hall–Kier alpha value is -0.0800. The van der Waals surface area contributed by atoms with Crippen LogP contribution in [0.3, 0.4) is 0 Å². The lowest BCUT2D eigenvalue weighted by Gasteiger charge is -2.45. The van der Waals surface area contributed by atoms with Crippen molar-refractivity contribution in [2.75, 3.05) is 14.1 Å². The van der Waals surface area contributed by atoms with Gasteiger partial charge in [-0.05, 0) is 5.92 Å². The van der Waals surface area contributed by atoms with Crippen LogP contribution < -0.4 is 0 Å². The maximum Gasteiger partial charge on any atom is 0.142 e. The molecule has 0 radical (unpaired) electrons. The summed E-state index contributed by atoms with van der Waals surface area (Å²) in [6, 6.07) is 1.62. The predicted octanol–water partition coefficient (Wildman–Crippen LogP) is 1.01. The largest absolute Gasteiger partial charge is 0.357 e. The van der Waals surface area contributed by atoms with E-state index in [1.54, 1.807) is 0 Å². The van der Waals surface area contributed by atoms with Crippen molar-refractivity contribution in [3.63, 3.8) is 0 Å². The van der Waals surface area contributed by atoms with Gasteiger partial charge in [0.25, 0.3) is 0 Å². The second kappa shape index (κ2) is 1.88. The first-order valence-electron chi connectivity index (χ1n) is 5.09. The van der Waals surface area contributed by atoms with E-state index in [4.69, 9.17) is 4.74 Å². The molecule has 3 saturated heterocycles. The zero-order valence-corrected chi connectivity index (χ0v) is 8.16. The molecule has 3 aliphatic heterocycles. The number of epoxide rings is 1. The summed E-state index contributed by atoms with van der Waals surface area (Å²) in [7, 11) is 4.77. The molecule has 3 fully saturated rings. The standard InChI is InChI=1S/C10H18NO/c1-6-4-7-9-10(12-9)8(5-6)11(7,2)3/h6-10H,4-5H2,1-3H3/q+1. The molecule has 3 aliphatic rings. The molecule has 2 heteroatoms. The van der Waals surface area contributed by atoms with E-state index >= 15 is 0 Å². The molecule has 68 valence electrons. The Morgan fingerprint density at radius 3 is 2.08 bits per heavy atom. The molecule has 0 aliphatic carbocycles. The van der Waals surface area contributed by atoms with Gasteiger partial charge in [-0.1, -0.05) is 6.92 Å². The van der Waals surface area contributed by atoms with Crippen molar-refractivity contribution >= 4 is 0 Å². The smallest absolute Gasteiger partial charge is 0.142 e. The summed E-state index contributed by atoms with van der Waals surface area (Å²) < 4.78 is 6.92. The highest BCUT2D eigenvalue weighted by atomic mass is 16.6. The molecular formula is C10H18NO+. The average Bonchev–Trinajstić information content (AvgIpc) is 2.66. The molecule has 0 aromatic carbocycles. The van der Waals surface area contributed by atoms with E-state index in [-0.39, 0.29) is 0 Å². The summed E-state index contributed by atoms with van der Waals surface area (Å²) in [4.78, 5) is 0. The van der Waals surface area contributed by atoms with E-state index in [1.165, 1.54) is 17.3 Å². The fourth-order valence-corrected chi connectivity index (χ4v) is 3.49. The van der Waals surface area contributed by atoms with Gasteiger partial charge in [-0.2, -0.15) is 0 Å². The summed E-state index contributed by atoms with van der Waals surface area (Å²) in [5, 5.41) is 0. The molecule has 0 aromatic rings. The Morgan fingerprint density at radius 2 is 1.58 bits per heavy atom. The normalized spacial score (nSPS) is 59.8. The van der Waals surface area contributed by atoms with Crippen LogP contribution in [-0.2, 0) is 4.74 Å². The monoisotopic (exact) mass is 168 g/mol. The van der Waals surface area contributed by atoms with Gasteiger partial charge in [0.05, 0.1) is 14.1 Å². The third kappa shape index (κ3) is 0.686. The molecule has 2 nitrogen and oxygen atoms in total. The summed E-state index contributed by atoms with van der Waals surface area (Å²) in [5.74, 6) is 0.933. The van der Waals surface area contributed by atoms with Gasteiger partial charge in [-0.3, -0.25) is 0 Å². The Bertz CT molecular complexity index is 206. The van der Waals surface area contributed by atoms with Crippen molar-refractivity contribution in [2.45, 2.75) is 44.1 Å². The van der Waals surface area contributed by atoms with Crippen molar-refractivity contribution in [3.05, 3.63) is 0 Å². The van der Waals surface area contributed by atoms with Gasteiger partial charge in [-0.25, -0.2) is 0 Å². The molecule has 0 aromatic heterocycles. The number of rotatable bonds is 0. The van der Waals surface area contributed by atoms with Gasteiger partial charge >= 0.3 is 0 Å². The van der Waals surface area contributed by atoms with Gasteiger partial charge < -0.3 is 9.22 Å². The minimum atomic E-state index is 0.634. The molecular weight excluding hydrogens is 150 g/mol. The van der Waals surface area contributed by atoms with Gasteiger partial charge in [0.1, 0.15) is 24.3 Å². The van der Waals surface area contributed by atoms with Crippen molar-refractivity contribution < 1.29 is 9.22 Å². The molecule has 0 N–H and O–H groups in total. The molecule has 0 saturated carbocycles. The number of fused-ring (bicyclic) bond motifs is 5. The quantitative estimate of drug-likeness (QED) is 0.388. The Morgan fingerprint density at radius 1 is 1.08 bits per heavy atom. The molecule has 0 spiro atoms. The molecule has 2 bridgehead atoms. The maximum absolute atomic E-state index is 5.69. The zero-order valence-electron chi connectivity index (χ0n) is 8.16. The highest BCUT2D eigenvalue weighted by Gasteiger charge is 2.69. The highest BCUT2D eigenvalue weighted by molar-refractivity contribution is 5.06. The molecule has 4 unspecified atom stereocenters.